The van der Waals surface area contributed by atoms with Crippen molar-refractivity contribution in [1.29, 1.82) is 0 Å². The summed E-state index contributed by atoms with van der Waals surface area (Å²) in [5.74, 6) is 1.61. The summed E-state index contributed by atoms with van der Waals surface area (Å²) in [6, 6.07) is 10.8. The minimum absolute atomic E-state index is 0.129. The van der Waals surface area contributed by atoms with E-state index in [1.54, 1.807) is 30.5 Å². The molecule has 2 aromatic heterocycles. The number of carbonyl (C=O) groups excluding carboxylic acids is 1. The number of nitrogens with one attached hydrogen (secondary N) is 2. The molecule has 1 amide bonds. The summed E-state index contributed by atoms with van der Waals surface area (Å²) in [6.45, 7) is 5.69. The molecule has 8 heteroatoms. The standard InChI is InChI=1S/C22H25N5O2S/c1-16-15-30-22(25-16)26-20-14-17(8-9-23-20)29-19-7-3-2-6-18(19)21(28)24-10-13-27-11-4-5-12-27/h2-3,6-9,14-15H,4-5,10-13H2,1H3,(H,24,28)(H,23,25,26). The highest BCUT2D eigenvalue weighted by Crippen LogP contribution is 2.28. The van der Waals surface area contributed by atoms with Crippen LogP contribution in [0.1, 0.15) is 28.9 Å². The van der Waals surface area contributed by atoms with Gasteiger partial charge in [0.25, 0.3) is 5.91 Å². The monoisotopic (exact) mass is 423 g/mol. The van der Waals surface area contributed by atoms with Crippen molar-refractivity contribution in [2.75, 3.05) is 31.5 Å². The first-order valence-electron chi connectivity index (χ1n) is 10.1. The Bertz CT molecular complexity index is 1000. The lowest BCUT2D eigenvalue weighted by atomic mass is 10.2. The van der Waals surface area contributed by atoms with Gasteiger partial charge in [-0.2, -0.15) is 0 Å². The van der Waals surface area contributed by atoms with Gasteiger partial charge in [-0.1, -0.05) is 12.1 Å². The van der Waals surface area contributed by atoms with Crippen LogP contribution >= 0.6 is 11.3 Å². The number of likely N-dealkylation sites (tertiary alicyclic amines) is 1. The molecule has 30 heavy (non-hydrogen) atoms. The third-order valence-corrected chi connectivity index (χ3v) is 5.73. The van der Waals surface area contributed by atoms with Gasteiger partial charge in [-0.05, 0) is 51.1 Å². The first-order chi connectivity index (χ1) is 14.7. The molecular weight excluding hydrogens is 398 g/mol. The first kappa shape index (κ1) is 20.3. The first-order valence-corrected chi connectivity index (χ1v) is 11.0. The smallest absolute Gasteiger partial charge is 0.255 e. The van der Waals surface area contributed by atoms with Crippen molar-refractivity contribution in [2.24, 2.45) is 0 Å². The molecule has 0 saturated carbocycles. The van der Waals surface area contributed by atoms with E-state index < -0.39 is 0 Å². The van der Waals surface area contributed by atoms with Crippen LogP contribution in [0.25, 0.3) is 0 Å². The Hall–Kier alpha value is -2.97. The fourth-order valence-electron chi connectivity index (χ4n) is 3.36. The highest BCUT2D eigenvalue weighted by atomic mass is 32.1. The maximum absolute atomic E-state index is 12.7. The number of thiazole rings is 1. The topological polar surface area (TPSA) is 79.4 Å². The molecule has 7 nitrogen and oxygen atoms in total. The number of hydrogen-bond acceptors (Lipinski definition) is 7. The highest BCUT2D eigenvalue weighted by Gasteiger charge is 2.15. The maximum atomic E-state index is 12.7. The van der Waals surface area contributed by atoms with Crippen molar-refractivity contribution < 1.29 is 9.53 Å². The van der Waals surface area contributed by atoms with Gasteiger partial charge in [0.2, 0.25) is 0 Å². The molecular formula is C22H25N5O2S. The number of rotatable bonds is 8. The zero-order valence-electron chi connectivity index (χ0n) is 16.9. The van der Waals surface area contributed by atoms with Gasteiger partial charge in [-0.15, -0.1) is 11.3 Å². The van der Waals surface area contributed by atoms with E-state index in [0.717, 1.165) is 30.5 Å². The fourth-order valence-corrected chi connectivity index (χ4v) is 4.06. The Balaban J connectivity index is 1.40. The second-order valence-corrected chi connectivity index (χ2v) is 8.06. The van der Waals surface area contributed by atoms with Crippen LogP contribution in [-0.2, 0) is 0 Å². The Morgan fingerprint density at radius 2 is 2.07 bits per heavy atom. The molecule has 1 aromatic carbocycles. The average Bonchev–Trinajstić information content (AvgIpc) is 3.40. The molecule has 1 fully saturated rings. The van der Waals surface area contributed by atoms with Crippen LogP contribution in [0.15, 0.2) is 48.0 Å². The molecule has 4 rings (SSSR count). The molecule has 3 aromatic rings. The summed E-state index contributed by atoms with van der Waals surface area (Å²) in [7, 11) is 0. The quantitative estimate of drug-likeness (QED) is 0.565. The number of pyridine rings is 1. The summed E-state index contributed by atoms with van der Waals surface area (Å²) in [4.78, 5) is 23.8. The third-order valence-electron chi connectivity index (χ3n) is 4.86. The summed E-state index contributed by atoms with van der Waals surface area (Å²) in [6.07, 6.45) is 4.15. The molecule has 2 N–H and O–H groups in total. The molecule has 1 aliphatic heterocycles. The largest absolute Gasteiger partial charge is 0.456 e. The Morgan fingerprint density at radius 1 is 1.23 bits per heavy atom. The van der Waals surface area contributed by atoms with Crippen LogP contribution in [-0.4, -0.2) is 47.0 Å². The number of amides is 1. The van der Waals surface area contributed by atoms with E-state index in [-0.39, 0.29) is 5.91 Å². The van der Waals surface area contributed by atoms with Crippen molar-refractivity contribution in [3.8, 4) is 11.5 Å². The predicted molar refractivity (Wildman–Crippen MR) is 119 cm³/mol. The van der Waals surface area contributed by atoms with E-state index in [9.17, 15) is 4.79 Å². The number of aryl methyl sites for hydroxylation is 1. The third kappa shape index (κ3) is 5.34. The molecule has 156 valence electrons. The number of benzene rings is 1. The average molecular weight is 424 g/mol. The van der Waals surface area contributed by atoms with Gasteiger partial charge in [0.1, 0.15) is 17.3 Å². The molecule has 0 spiro atoms. The second kappa shape index (κ2) is 9.69. The minimum Gasteiger partial charge on any atom is -0.456 e. The minimum atomic E-state index is -0.129. The number of aromatic nitrogens is 2. The SMILES string of the molecule is Cc1csc(Nc2cc(Oc3ccccc3C(=O)NCCN3CCCC3)ccn2)n1. The Kier molecular flexibility index (Phi) is 6.56. The van der Waals surface area contributed by atoms with E-state index in [1.807, 2.05) is 24.4 Å². The van der Waals surface area contributed by atoms with Gasteiger partial charge in [-0.3, -0.25) is 4.79 Å². The van der Waals surface area contributed by atoms with Crippen molar-refractivity contribution in [3.05, 3.63) is 59.2 Å². The molecule has 1 aliphatic rings. The summed E-state index contributed by atoms with van der Waals surface area (Å²) in [5, 5.41) is 8.93. The number of carbonyl (C=O) groups is 1. The van der Waals surface area contributed by atoms with E-state index in [0.29, 0.717) is 29.4 Å². The van der Waals surface area contributed by atoms with Gasteiger partial charge in [-0.25, -0.2) is 9.97 Å². The van der Waals surface area contributed by atoms with Crippen LogP contribution in [0, 0.1) is 6.92 Å². The van der Waals surface area contributed by atoms with E-state index >= 15 is 0 Å². The molecule has 1 saturated heterocycles. The number of ether oxygens (including phenoxy) is 1. The molecule has 0 radical (unpaired) electrons. The number of anilines is 2. The van der Waals surface area contributed by atoms with Gasteiger partial charge in [0.05, 0.1) is 11.3 Å². The van der Waals surface area contributed by atoms with E-state index in [1.165, 1.54) is 24.2 Å². The maximum Gasteiger partial charge on any atom is 0.255 e. The van der Waals surface area contributed by atoms with E-state index in [2.05, 4.69) is 25.5 Å². The van der Waals surface area contributed by atoms with Crippen molar-refractivity contribution in [2.45, 2.75) is 19.8 Å². The van der Waals surface area contributed by atoms with Crippen LogP contribution in [0.4, 0.5) is 10.9 Å². The predicted octanol–water partition coefficient (Wildman–Crippen LogP) is 4.21. The lowest BCUT2D eigenvalue weighted by Gasteiger charge is -2.15. The Labute approximate surface area is 180 Å². The summed E-state index contributed by atoms with van der Waals surface area (Å²) < 4.78 is 6.03. The number of nitrogens with zero attached hydrogens (tertiary/aromatic N) is 3. The molecule has 0 bridgehead atoms. The molecule has 0 unspecified atom stereocenters. The second-order valence-electron chi connectivity index (χ2n) is 7.20. The number of para-hydroxylation sites is 1. The van der Waals surface area contributed by atoms with Crippen molar-refractivity contribution in [1.82, 2.24) is 20.2 Å². The molecule has 3 heterocycles. The van der Waals surface area contributed by atoms with Gasteiger partial charge in [0, 0.05) is 30.7 Å². The van der Waals surface area contributed by atoms with Crippen LogP contribution < -0.4 is 15.4 Å². The van der Waals surface area contributed by atoms with Gasteiger partial charge >= 0.3 is 0 Å². The van der Waals surface area contributed by atoms with Crippen LogP contribution in [0.5, 0.6) is 11.5 Å². The lowest BCUT2D eigenvalue weighted by Crippen LogP contribution is -2.33. The molecule has 0 aliphatic carbocycles. The van der Waals surface area contributed by atoms with E-state index in [4.69, 9.17) is 4.74 Å². The zero-order valence-corrected chi connectivity index (χ0v) is 17.7. The summed E-state index contributed by atoms with van der Waals surface area (Å²) >= 11 is 1.52. The summed E-state index contributed by atoms with van der Waals surface area (Å²) in [5.41, 5.74) is 1.47. The van der Waals surface area contributed by atoms with Gasteiger partial charge < -0.3 is 20.3 Å². The normalized spacial score (nSPS) is 13.9. The van der Waals surface area contributed by atoms with Gasteiger partial charge in [0.15, 0.2) is 5.13 Å². The van der Waals surface area contributed by atoms with Crippen molar-refractivity contribution in [3.63, 3.8) is 0 Å². The Morgan fingerprint density at radius 3 is 2.87 bits per heavy atom. The van der Waals surface area contributed by atoms with Crippen molar-refractivity contribution >= 4 is 28.2 Å². The highest BCUT2D eigenvalue weighted by molar-refractivity contribution is 7.13. The zero-order chi connectivity index (χ0) is 20.8. The van der Waals surface area contributed by atoms with Crippen LogP contribution in [0.3, 0.4) is 0 Å². The lowest BCUT2D eigenvalue weighted by molar-refractivity contribution is 0.0947. The van der Waals surface area contributed by atoms with Crippen LogP contribution in [0.2, 0.25) is 0 Å². The fraction of sp³-hybridized carbons (Fsp3) is 0.318. The number of hydrogen-bond donors (Lipinski definition) is 2. The molecule has 0 atom stereocenters.